The highest BCUT2D eigenvalue weighted by Gasteiger charge is 2.37. The molecular weight excluding hydrogens is 404 g/mol. The highest BCUT2D eigenvalue weighted by molar-refractivity contribution is 6.09. The maximum Gasteiger partial charge on any atom is 0.259 e. The van der Waals surface area contributed by atoms with Crippen molar-refractivity contribution in [2.24, 2.45) is 22.4 Å². The molecule has 0 aliphatic rings. The summed E-state index contributed by atoms with van der Waals surface area (Å²) in [4.78, 5) is 12.9. The maximum atomic E-state index is 5.76. The molecule has 0 aliphatic heterocycles. The van der Waals surface area contributed by atoms with Crippen molar-refractivity contribution in [3.63, 3.8) is 0 Å². The Labute approximate surface area is 187 Å². The first-order chi connectivity index (χ1) is 15.3. The van der Waals surface area contributed by atoms with E-state index >= 15 is 0 Å². The SMILES string of the molecule is C=C(N)N=C/C(=C\N)c1ccc(C(C)(c2noc(-c3cncc(OC)c3)n2)C(C)C)cc1. The maximum absolute atomic E-state index is 5.76. The van der Waals surface area contributed by atoms with Crippen molar-refractivity contribution in [1.29, 1.82) is 0 Å². The minimum Gasteiger partial charge on any atom is -0.495 e. The first kappa shape index (κ1) is 22.7. The normalized spacial score (nSPS) is 14.0. The van der Waals surface area contributed by atoms with Gasteiger partial charge in [-0.15, -0.1) is 0 Å². The zero-order valence-electron chi connectivity index (χ0n) is 18.7. The number of aliphatic imine (C=N–C) groups is 1. The number of nitrogens with zero attached hydrogens (tertiary/aromatic N) is 4. The van der Waals surface area contributed by atoms with Crippen LogP contribution >= 0.6 is 0 Å². The molecule has 8 nitrogen and oxygen atoms in total. The van der Waals surface area contributed by atoms with E-state index in [9.17, 15) is 0 Å². The Balaban J connectivity index is 1.97. The molecule has 0 saturated carbocycles. The number of benzene rings is 1. The van der Waals surface area contributed by atoms with Crippen molar-refractivity contribution in [1.82, 2.24) is 15.1 Å². The van der Waals surface area contributed by atoms with E-state index in [-0.39, 0.29) is 11.7 Å². The Kier molecular flexibility index (Phi) is 6.73. The average molecular weight is 433 g/mol. The highest BCUT2D eigenvalue weighted by atomic mass is 16.5. The fraction of sp³-hybridized carbons (Fsp3) is 0.250. The second-order valence-corrected chi connectivity index (χ2v) is 7.84. The quantitative estimate of drug-likeness (QED) is 0.517. The predicted molar refractivity (Wildman–Crippen MR) is 126 cm³/mol. The van der Waals surface area contributed by atoms with Crippen LogP contribution < -0.4 is 16.2 Å². The number of ether oxygens (including phenoxy) is 1. The molecule has 0 spiro atoms. The van der Waals surface area contributed by atoms with Crippen molar-refractivity contribution in [2.75, 3.05) is 7.11 Å². The molecule has 0 radical (unpaired) electrons. The molecule has 2 heterocycles. The lowest BCUT2D eigenvalue weighted by Crippen LogP contribution is -2.31. The van der Waals surface area contributed by atoms with E-state index in [0.29, 0.717) is 23.0 Å². The van der Waals surface area contributed by atoms with Crippen molar-refractivity contribution in [3.8, 4) is 17.2 Å². The number of rotatable bonds is 8. The van der Waals surface area contributed by atoms with Crippen molar-refractivity contribution in [3.05, 3.63) is 78.3 Å². The van der Waals surface area contributed by atoms with Gasteiger partial charge in [0.1, 0.15) is 11.6 Å². The molecule has 166 valence electrons. The molecule has 0 bridgehead atoms. The minimum atomic E-state index is -0.487. The first-order valence-corrected chi connectivity index (χ1v) is 10.1. The summed E-state index contributed by atoms with van der Waals surface area (Å²) in [5.41, 5.74) is 14.2. The fourth-order valence-corrected chi connectivity index (χ4v) is 3.29. The number of hydrogen-bond acceptors (Lipinski definition) is 8. The molecule has 32 heavy (non-hydrogen) atoms. The Hall–Kier alpha value is -3.94. The van der Waals surface area contributed by atoms with Crippen LogP contribution in [0.5, 0.6) is 5.75 Å². The molecule has 3 rings (SSSR count). The third kappa shape index (κ3) is 4.54. The first-order valence-electron chi connectivity index (χ1n) is 10.1. The molecule has 0 fully saturated rings. The lowest BCUT2D eigenvalue weighted by Gasteiger charge is -2.31. The molecule has 1 unspecified atom stereocenters. The molecule has 2 aromatic heterocycles. The summed E-state index contributed by atoms with van der Waals surface area (Å²) in [7, 11) is 1.59. The van der Waals surface area contributed by atoms with Crippen LogP contribution in [0.15, 0.2) is 70.8 Å². The van der Waals surface area contributed by atoms with Gasteiger partial charge in [0.05, 0.1) is 24.3 Å². The molecular formula is C24H28N6O2. The number of methoxy groups -OCH3 is 1. The lowest BCUT2D eigenvalue weighted by atomic mass is 9.72. The molecule has 4 N–H and O–H groups in total. The van der Waals surface area contributed by atoms with Gasteiger partial charge in [0.25, 0.3) is 5.89 Å². The van der Waals surface area contributed by atoms with Crippen LogP contribution in [0.1, 0.15) is 37.7 Å². The molecule has 0 aliphatic carbocycles. The van der Waals surface area contributed by atoms with Crippen LogP contribution in [0.2, 0.25) is 0 Å². The summed E-state index contributed by atoms with van der Waals surface area (Å²) in [6, 6.07) is 9.84. The smallest absolute Gasteiger partial charge is 0.259 e. The second kappa shape index (κ2) is 9.47. The fourth-order valence-electron chi connectivity index (χ4n) is 3.29. The summed E-state index contributed by atoms with van der Waals surface area (Å²) in [6.07, 6.45) is 6.36. The van der Waals surface area contributed by atoms with Gasteiger partial charge >= 0.3 is 0 Å². The largest absolute Gasteiger partial charge is 0.495 e. The minimum absolute atomic E-state index is 0.189. The van der Waals surface area contributed by atoms with Crippen LogP contribution in [0.3, 0.4) is 0 Å². The lowest BCUT2D eigenvalue weighted by molar-refractivity contribution is 0.350. The van der Waals surface area contributed by atoms with Crippen LogP contribution in [0.4, 0.5) is 0 Å². The van der Waals surface area contributed by atoms with Gasteiger partial charge in [-0.05, 0) is 30.0 Å². The number of pyridine rings is 1. The summed E-state index contributed by atoms with van der Waals surface area (Å²) < 4.78 is 10.8. The van der Waals surface area contributed by atoms with E-state index in [4.69, 9.17) is 25.7 Å². The third-order valence-electron chi connectivity index (χ3n) is 5.61. The van der Waals surface area contributed by atoms with Gasteiger partial charge in [-0.25, -0.2) is 4.99 Å². The Morgan fingerprint density at radius 3 is 2.56 bits per heavy atom. The third-order valence-corrected chi connectivity index (χ3v) is 5.61. The molecule has 1 aromatic carbocycles. The molecule has 0 amide bonds. The van der Waals surface area contributed by atoms with Gasteiger partial charge in [0.15, 0.2) is 5.82 Å². The van der Waals surface area contributed by atoms with E-state index in [2.05, 4.69) is 42.5 Å². The van der Waals surface area contributed by atoms with Crippen molar-refractivity contribution < 1.29 is 9.26 Å². The topological polar surface area (TPSA) is 125 Å². The van der Waals surface area contributed by atoms with Crippen LogP contribution in [-0.2, 0) is 5.41 Å². The number of aromatic nitrogens is 3. The average Bonchev–Trinajstić information content (AvgIpc) is 3.30. The van der Waals surface area contributed by atoms with Gasteiger partial charge in [-0.3, -0.25) is 4.98 Å². The van der Waals surface area contributed by atoms with Crippen LogP contribution in [-0.4, -0.2) is 28.4 Å². The van der Waals surface area contributed by atoms with E-state index in [1.54, 1.807) is 25.7 Å². The van der Waals surface area contributed by atoms with E-state index in [0.717, 1.165) is 16.7 Å². The second-order valence-electron chi connectivity index (χ2n) is 7.84. The number of allylic oxidation sites excluding steroid dienone is 1. The zero-order chi connectivity index (χ0) is 23.3. The Morgan fingerprint density at radius 2 is 1.97 bits per heavy atom. The number of hydrogen-bond donors (Lipinski definition) is 2. The molecule has 1 atom stereocenters. The molecule has 8 heteroatoms. The predicted octanol–water partition coefficient (Wildman–Crippen LogP) is 3.90. The summed E-state index contributed by atoms with van der Waals surface area (Å²) >= 11 is 0. The van der Waals surface area contributed by atoms with Gasteiger partial charge in [-0.2, -0.15) is 4.98 Å². The van der Waals surface area contributed by atoms with Crippen LogP contribution in [0, 0.1) is 5.92 Å². The van der Waals surface area contributed by atoms with Gasteiger partial charge in [0.2, 0.25) is 0 Å². The summed E-state index contributed by atoms with van der Waals surface area (Å²) in [6.45, 7) is 9.92. The molecule has 3 aromatic rings. The highest BCUT2D eigenvalue weighted by Crippen LogP contribution is 2.38. The van der Waals surface area contributed by atoms with E-state index in [1.807, 2.05) is 30.3 Å². The Bertz CT molecular complexity index is 1150. The van der Waals surface area contributed by atoms with Gasteiger partial charge in [-0.1, -0.05) is 49.8 Å². The van der Waals surface area contributed by atoms with Crippen molar-refractivity contribution >= 4 is 11.8 Å². The summed E-state index contributed by atoms with van der Waals surface area (Å²) in [5.74, 6) is 2.01. The van der Waals surface area contributed by atoms with Gasteiger partial charge < -0.3 is 20.7 Å². The van der Waals surface area contributed by atoms with Crippen molar-refractivity contribution in [2.45, 2.75) is 26.2 Å². The monoisotopic (exact) mass is 432 g/mol. The van der Waals surface area contributed by atoms with Crippen LogP contribution in [0.25, 0.3) is 17.0 Å². The van der Waals surface area contributed by atoms with Gasteiger partial charge in [0, 0.05) is 24.2 Å². The molecule has 0 saturated heterocycles. The summed E-state index contributed by atoms with van der Waals surface area (Å²) in [5, 5.41) is 4.31. The Morgan fingerprint density at radius 1 is 1.25 bits per heavy atom. The van der Waals surface area contributed by atoms with E-state index < -0.39 is 5.41 Å². The zero-order valence-corrected chi connectivity index (χ0v) is 18.7. The standard InChI is InChI=1S/C24H28N6O2/c1-15(2)24(4,20-8-6-17(7-9-20)19(11-25)13-28-16(3)26)23-29-22(32-30-23)18-10-21(31-5)14-27-12-18/h6-15H,3,25-26H2,1-2,4-5H3/b19-11+,28-13?. The number of nitrogens with two attached hydrogens (primary N) is 2. The van der Waals surface area contributed by atoms with E-state index in [1.165, 1.54) is 6.20 Å².